The number of alkyl halides is 2. The first-order valence-corrected chi connectivity index (χ1v) is 4.40. The number of aryl methyl sites for hydroxylation is 1. The third-order valence-corrected chi connectivity index (χ3v) is 2.44. The molecule has 2 N–H and O–H groups in total. The van der Waals surface area contributed by atoms with Crippen molar-refractivity contribution in [2.75, 3.05) is 6.61 Å². The lowest BCUT2D eigenvalue weighted by Gasteiger charge is -2.31. The second-order valence-corrected chi connectivity index (χ2v) is 3.49. The fourth-order valence-corrected chi connectivity index (χ4v) is 1.58. The Morgan fingerprint density at radius 2 is 2.21 bits per heavy atom. The van der Waals surface area contributed by atoms with E-state index in [0.717, 1.165) is 0 Å². The zero-order chi connectivity index (χ0) is 10.3. The molecule has 0 radical (unpaired) electrons. The van der Waals surface area contributed by atoms with Gasteiger partial charge in [-0.1, -0.05) is 12.1 Å². The minimum Gasteiger partial charge on any atom is -0.491 e. The average Bonchev–Trinajstić information content (AvgIpc) is 2.13. The summed E-state index contributed by atoms with van der Waals surface area (Å²) >= 11 is 0. The van der Waals surface area contributed by atoms with E-state index in [9.17, 15) is 8.78 Å². The molecule has 1 aromatic rings. The van der Waals surface area contributed by atoms with Gasteiger partial charge in [0.1, 0.15) is 18.4 Å². The van der Waals surface area contributed by atoms with Crippen molar-refractivity contribution in [2.24, 2.45) is 5.73 Å². The highest BCUT2D eigenvalue weighted by atomic mass is 19.3. The zero-order valence-corrected chi connectivity index (χ0v) is 7.76. The van der Waals surface area contributed by atoms with Crippen LogP contribution in [-0.4, -0.2) is 12.6 Å². The number of halogens is 2. The number of rotatable bonds is 0. The van der Waals surface area contributed by atoms with Crippen LogP contribution in [0.15, 0.2) is 18.2 Å². The van der Waals surface area contributed by atoms with Crippen LogP contribution in [0, 0.1) is 6.92 Å². The van der Waals surface area contributed by atoms with Gasteiger partial charge in [0, 0.05) is 0 Å². The lowest BCUT2D eigenvalue weighted by molar-refractivity contribution is -0.0596. The van der Waals surface area contributed by atoms with E-state index in [2.05, 4.69) is 0 Å². The second-order valence-electron chi connectivity index (χ2n) is 3.49. The molecular formula is C10H11F2NO. The van der Waals surface area contributed by atoms with Gasteiger partial charge in [-0.2, -0.15) is 8.78 Å². The lowest BCUT2D eigenvalue weighted by Crippen LogP contribution is -2.46. The van der Waals surface area contributed by atoms with Gasteiger partial charge in [0.05, 0.1) is 5.56 Å². The molecule has 1 aromatic carbocycles. The molecule has 1 aliphatic heterocycles. The smallest absolute Gasteiger partial charge is 0.294 e. The van der Waals surface area contributed by atoms with Crippen molar-refractivity contribution in [1.82, 2.24) is 0 Å². The summed E-state index contributed by atoms with van der Waals surface area (Å²) in [5.41, 5.74) is 5.92. The molecule has 0 spiro atoms. The van der Waals surface area contributed by atoms with Gasteiger partial charge in [-0.25, -0.2) is 0 Å². The monoisotopic (exact) mass is 199 g/mol. The Labute approximate surface area is 80.7 Å². The quantitative estimate of drug-likeness (QED) is 0.691. The van der Waals surface area contributed by atoms with Gasteiger partial charge in [0.25, 0.3) is 5.92 Å². The molecular weight excluding hydrogens is 188 g/mol. The summed E-state index contributed by atoms with van der Waals surface area (Å²) in [4.78, 5) is 0. The molecule has 0 saturated carbocycles. The number of ether oxygens (including phenoxy) is 1. The zero-order valence-electron chi connectivity index (χ0n) is 7.76. The van der Waals surface area contributed by atoms with Crippen LogP contribution in [0.1, 0.15) is 11.1 Å². The molecule has 1 heterocycles. The minimum atomic E-state index is -2.99. The standard InChI is InChI=1S/C10H11F2NO/c1-6-3-2-4-7-9(6)14-5-8(13)10(7,11)12/h2-4,8H,5,13H2,1H3. The van der Waals surface area contributed by atoms with Gasteiger partial charge >= 0.3 is 0 Å². The number of para-hydroxylation sites is 1. The maximum absolute atomic E-state index is 13.6. The minimum absolute atomic E-state index is 0.101. The highest BCUT2D eigenvalue weighted by Gasteiger charge is 2.45. The fourth-order valence-electron chi connectivity index (χ4n) is 1.58. The Morgan fingerprint density at radius 3 is 2.93 bits per heavy atom. The van der Waals surface area contributed by atoms with Gasteiger partial charge < -0.3 is 10.5 Å². The van der Waals surface area contributed by atoms with Crippen molar-refractivity contribution in [3.05, 3.63) is 29.3 Å². The first-order valence-electron chi connectivity index (χ1n) is 4.40. The van der Waals surface area contributed by atoms with E-state index >= 15 is 0 Å². The number of nitrogens with two attached hydrogens (primary N) is 1. The predicted molar refractivity (Wildman–Crippen MR) is 48.5 cm³/mol. The van der Waals surface area contributed by atoms with Crippen LogP contribution in [0.4, 0.5) is 8.78 Å². The summed E-state index contributed by atoms with van der Waals surface area (Å²) in [6, 6.07) is 3.44. The molecule has 0 bridgehead atoms. The molecule has 0 fully saturated rings. The molecule has 0 amide bonds. The SMILES string of the molecule is Cc1cccc2c1OCC(N)C2(F)F. The molecule has 76 valence electrons. The Bertz CT molecular complexity index is 365. The summed E-state index contributed by atoms with van der Waals surface area (Å²) in [6.45, 7) is 1.61. The van der Waals surface area contributed by atoms with Crippen molar-refractivity contribution in [3.8, 4) is 5.75 Å². The van der Waals surface area contributed by atoms with E-state index in [-0.39, 0.29) is 17.9 Å². The number of hydrogen-bond donors (Lipinski definition) is 1. The van der Waals surface area contributed by atoms with Gasteiger partial charge in [0.15, 0.2) is 0 Å². The van der Waals surface area contributed by atoms with Crippen molar-refractivity contribution < 1.29 is 13.5 Å². The molecule has 0 aromatic heterocycles. The van der Waals surface area contributed by atoms with Crippen molar-refractivity contribution in [1.29, 1.82) is 0 Å². The van der Waals surface area contributed by atoms with E-state index in [1.807, 2.05) is 0 Å². The van der Waals surface area contributed by atoms with E-state index in [0.29, 0.717) is 5.56 Å². The largest absolute Gasteiger partial charge is 0.491 e. The van der Waals surface area contributed by atoms with E-state index < -0.39 is 12.0 Å². The Balaban J connectivity index is 2.59. The Kier molecular flexibility index (Phi) is 1.96. The van der Waals surface area contributed by atoms with Crippen LogP contribution >= 0.6 is 0 Å². The van der Waals surface area contributed by atoms with Crippen LogP contribution in [0.5, 0.6) is 5.75 Å². The van der Waals surface area contributed by atoms with Crippen molar-refractivity contribution >= 4 is 0 Å². The molecule has 1 atom stereocenters. The fraction of sp³-hybridized carbons (Fsp3) is 0.400. The third-order valence-electron chi connectivity index (χ3n) is 2.44. The van der Waals surface area contributed by atoms with Crippen LogP contribution in [0.2, 0.25) is 0 Å². The highest BCUT2D eigenvalue weighted by Crippen LogP contribution is 2.41. The normalized spacial score (nSPS) is 23.9. The second kappa shape index (κ2) is 2.92. The highest BCUT2D eigenvalue weighted by molar-refractivity contribution is 5.45. The van der Waals surface area contributed by atoms with E-state index in [1.54, 1.807) is 19.1 Å². The Morgan fingerprint density at radius 1 is 1.50 bits per heavy atom. The molecule has 14 heavy (non-hydrogen) atoms. The van der Waals surface area contributed by atoms with Gasteiger partial charge in [-0.3, -0.25) is 0 Å². The first-order chi connectivity index (χ1) is 6.53. The Hall–Kier alpha value is -1.16. The average molecular weight is 199 g/mol. The maximum Gasteiger partial charge on any atom is 0.294 e. The summed E-state index contributed by atoms with van der Waals surface area (Å²) in [5.74, 6) is -2.71. The van der Waals surface area contributed by atoms with E-state index in [4.69, 9.17) is 10.5 Å². The van der Waals surface area contributed by atoms with Gasteiger partial charge in [0.2, 0.25) is 0 Å². The maximum atomic E-state index is 13.6. The summed E-state index contributed by atoms with van der Waals surface area (Å²) in [7, 11) is 0. The van der Waals surface area contributed by atoms with Crippen LogP contribution in [-0.2, 0) is 5.92 Å². The van der Waals surface area contributed by atoms with E-state index in [1.165, 1.54) is 6.07 Å². The molecule has 0 aliphatic carbocycles. The molecule has 2 nitrogen and oxygen atoms in total. The molecule has 2 rings (SSSR count). The van der Waals surface area contributed by atoms with Crippen LogP contribution in [0.3, 0.4) is 0 Å². The van der Waals surface area contributed by atoms with Crippen molar-refractivity contribution in [3.63, 3.8) is 0 Å². The number of hydrogen-bond acceptors (Lipinski definition) is 2. The van der Waals surface area contributed by atoms with Crippen LogP contribution in [0.25, 0.3) is 0 Å². The molecule has 4 heteroatoms. The van der Waals surface area contributed by atoms with Crippen molar-refractivity contribution in [2.45, 2.75) is 18.9 Å². The lowest BCUT2D eigenvalue weighted by atomic mass is 9.96. The molecule has 1 unspecified atom stereocenters. The molecule has 1 aliphatic rings. The van der Waals surface area contributed by atoms with Crippen LogP contribution < -0.4 is 10.5 Å². The number of fused-ring (bicyclic) bond motifs is 1. The van der Waals surface area contributed by atoms with Gasteiger partial charge in [-0.15, -0.1) is 0 Å². The topological polar surface area (TPSA) is 35.2 Å². The summed E-state index contributed by atoms with van der Waals surface area (Å²) in [6.07, 6.45) is 0. The van der Waals surface area contributed by atoms with Gasteiger partial charge in [-0.05, 0) is 18.6 Å². The molecule has 0 saturated heterocycles. The number of benzene rings is 1. The summed E-state index contributed by atoms with van der Waals surface area (Å²) in [5, 5.41) is 0. The summed E-state index contributed by atoms with van der Waals surface area (Å²) < 4.78 is 32.3. The third kappa shape index (κ3) is 1.18. The predicted octanol–water partition coefficient (Wildman–Crippen LogP) is 1.81. The first kappa shape index (κ1) is 9.40.